The van der Waals surface area contributed by atoms with Gasteiger partial charge in [-0.15, -0.1) is 0 Å². The summed E-state index contributed by atoms with van der Waals surface area (Å²) in [6.45, 7) is 9.35. The maximum absolute atomic E-state index is 5.84. The molecule has 0 aliphatic carbocycles. The van der Waals surface area contributed by atoms with E-state index >= 15 is 0 Å². The Hall–Kier alpha value is -1.20. The van der Waals surface area contributed by atoms with Gasteiger partial charge in [0.05, 0.1) is 0 Å². The minimum atomic E-state index is 0.526. The maximum Gasteiger partial charge on any atom is 0.132 e. The highest BCUT2D eigenvalue weighted by Crippen LogP contribution is 2.16. The molecule has 112 valence electrons. The molecule has 1 aromatic rings. The van der Waals surface area contributed by atoms with E-state index in [4.69, 9.17) is 5.73 Å². The lowest BCUT2D eigenvalue weighted by Crippen LogP contribution is -2.52. The second kappa shape index (κ2) is 7.55. The van der Waals surface area contributed by atoms with Crippen LogP contribution in [0.25, 0.3) is 0 Å². The Balaban J connectivity index is 1.94. The van der Waals surface area contributed by atoms with E-state index in [9.17, 15) is 0 Å². The van der Waals surface area contributed by atoms with E-state index in [1.54, 1.807) is 6.33 Å². The number of piperazine rings is 1. The predicted molar refractivity (Wildman–Crippen MR) is 82.9 cm³/mol. The van der Waals surface area contributed by atoms with Gasteiger partial charge in [0.2, 0.25) is 0 Å². The van der Waals surface area contributed by atoms with Crippen molar-refractivity contribution >= 4 is 5.82 Å². The molecule has 0 radical (unpaired) electrons. The van der Waals surface area contributed by atoms with Crippen molar-refractivity contribution in [2.75, 3.05) is 37.6 Å². The van der Waals surface area contributed by atoms with Gasteiger partial charge in [-0.25, -0.2) is 9.97 Å². The van der Waals surface area contributed by atoms with Gasteiger partial charge in [0.15, 0.2) is 0 Å². The Morgan fingerprint density at radius 2 is 1.95 bits per heavy atom. The molecule has 1 aromatic heterocycles. The number of hydrogen-bond acceptors (Lipinski definition) is 5. The summed E-state index contributed by atoms with van der Waals surface area (Å²) in [7, 11) is 0. The summed E-state index contributed by atoms with van der Waals surface area (Å²) in [5.74, 6) is 1.07. The van der Waals surface area contributed by atoms with Crippen LogP contribution < -0.4 is 10.6 Å². The number of anilines is 1. The van der Waals surface area contributed by atoms with Gasteiger partial charge in [-0.05, 0) is 12.8 Å². The Labute approximate surface area is 122 Å². The number of aryl methyl sites for hydroxylation is 1. The zero-order valence-corrected chi connectivity index (χ0v) is 12.8. The third-order valence-electron chi connectivity index (χ3n) is 4.11. The highest BCUT2D eigenvalue weighted by Gasteiger charge is 2.22. The molecule has 0 spiro atoms. The van der Waals surface area contributed by atoms with Crippen LogP contribution >= 0.6 is 0 Å². The molecule has 1 saturated heterocycles. The van der Waals surface area contributed by atoms with Crippen LogP contribution in [0.4, 0.5) is 5.82 Å². The molecule has 5 nitrogen and oxygen atoms in total. The molecule has 0 saturated carbocycles. The fourth-order valence-electron chi connectivity index (χ4n) is 2.84. The summed E-state index contributed by atoms with van der Waals surface area (Å²) < 4.78 is 0. The van der Waals surface area contributed by atoms with Gasteiger partial charge < -0.3 is 10.6 Å². The molecular weight excluding hydrogens is 250 g/mol. The second-order valence-electron chi connectivity index (χ2n) is 5.44. The van der Waals surface area contributed by atoms with Gasteiger partial charge in [0, 0.05) is 50.5 Å². The van der Waals surface area contributed by atoms with Gasteiger partial charge in [-0.2, -0.15) is 0 Å². The summed E-state index contributed by atoms with van der Waals surface area (Å²) in [5, 5.41) is 0. The molecule has 1 atom stereocenters. The van der Waals surface area contributed by atoms with Gasteiger partial charge in [-0.3, -0.25) is 4.90 Å². The summed E-state index contributed by atoms with van der Waals surface area (Å²) >= 11 is 0. The summed E-state index contributed by atoms with van der Waals surface area (Å²) in [6.07, 6.45) is 4.98. The van der Waals surface area contributed by atoms with Crippen molar-refractivity contribution in [1.29, 1.82) is 0 Å². The van der Waals surface area contributed by atoms with Crippen molar-refractivity contribution < 1.29 is 0 Å². The molecule has 0 bridgehead atoms. The number of hydrogen-bond donors (Lipinski definition) is 1. The molecule has 1 unspecified atom stereocenters. The molecular formula is C15H27N5. The van der Waals surface area contributed by atoms with Crippen molar-refractivity contribution in [3.05, 3.63) is 18.1 Å². The first-order chi connectivity index (χ1) is 9.78. The van der Waals surface area contributed by atoms with Crippen LogP contribution in [0.2, 0.25) is 0 Å². The lowest BCUT2D eigenvalue weighted by molar-refractivity contribution is 0.184. The molecule has 1 aliphatic rings. The Kier molecular flexibility index (Phi) is 5.73. The minimum absolute atomic E-state index is 0.526. The Bertz CT molecular complexity index is 397. The van der Waals surface area contributed by atoms with Crippen LogP contribution in [0, 0.1) is 0 Å². The minimum Gasteiger partial charge on any atom is -0.354 e. The van der Waals surface area contributed by atoms with Crippen LogP contribution in [0.15, 0.2) is 12.4 Å². The van der Waals surface area contributed by atoms with Crippen LogP contribution in [0.5, 0.6) is 0 Å². The molecule has 0 aromatic carbocycles. The smallest absolute Gasteiger partial charge is 0.132 e. The lowest BCUT2D eigenvalue weighted by atomic mass is 10.1. The van der Waals surface area contributed by atoms with Crippen molar-refractivity contribution in [3.8, 4) is 0 Å². The average molecular weight is 277 g/mol. The van der Waals surface area contributed by atoms with Crippen molar-refractivity contribution in [2.24, 2.45) is 5.73 Å². The molecule has 2 N–H and O–H groups in total. The van der Waals surface area contributed by atoms with Crippen LogP contribution in [-0.2, 0) is 6.42 Å². The Morgan fingerprint density at radius 1 is 1.20 bits per heavy atom. The zero-order chi connectivity index (χ0) is 14.4. The van der Waals surface area contributed by atoms with E-state index in [-0.39, 0.29) is 0 Å². The van der Waals surface area contributed by atoms with Crippen molar-refractivity contribution in [2.45, 2.75) is 39.2 Å². The zero-order valence-electron chi connectivity index (χ0n) is 12.8. The van der Waals surface area contributed by atoms with Crippen LogP contribution in [-0.4, -0.2) is 53.6 Å². The lowest BCUT2D eigenvalue weighted by Gasteiger charge is -2.39. The summed E-state index contributed by atoms with van der Waals surface area (Å²) in [6, 6.07) is 2.66. The number of rotatable bonds is 6. The molecule has 20 heavy (non-hydrogen) atoms. The van der Waals surface area contributed by atoms with E-state index in [2.05, 4.69) is 39.7 Å². The molecule has 2 rings (SSSR count). The molecule has 2 heterocycles. The standard InChI is InChI=1S/C15H27N5/c1-3-5-13-10-15(18-12-17-13)20-8-6-19(7-9-20)14(4-2)11-16/h10,12,14H,3-9,11,16H2,1-2H3. The highest BCUT2D eigenvalue weighted by molar-refractivity contribution is 5.39. The molecule has 1 fully saturated rings. The molecule has 0 amide bonds. The van der Waals surface area contributed by atoms with Gasteiger partial charge in [0.25, 0.3) is 0 Å². The van der Waals surface area contributed by atoms with Crippen molar-refractivity contribution in [1.82, 2.24) is 14.9 Å². The third kappa shape index (κ3) is 3.67. The maximum atomic E-state index is 5.84. The number of aromatic nitrogens is 2. The largest absolute Gasteiger partial charge is 0.354 e. The highest BCUT2D eigenvalue weighted by atomic mass is 15.3. The SMILES string of the molecule is CCCc1cc(N2CCN(C(CC)CN)CC2)ncn1. The number of nitrogens with zero attached hydrogens (tertiary/aromatic N) is 4. The van der Waals surface area contributed by atoms with Crippen LogP contribution in [0.1, 0.15) is 32.4 Å². The van der Waals surface area contributed by atoms with E-state index < -0.39 is 0 Å². The summed E-state index contributed by atoms with van der Waals surface area (Å²) in [5.41, 5.74) is 6.98. The van der Waals surface area contributed by atoms with Gasteiger partial charge in [0.1, 0.15) is 12.1 Å². The number of nitrogens with two attached hydrogens (primary N) is 1. The summed E-state index contributed by atoms with van der Waals surface area (Å²) in [4.78, 5) is 13.6. The van der Waals surface area contributed by atoms with E-state index in [1.165, 1.54) is 0 Å². The first-order valence-corrected chi connectivity index (χ1v) is 7.78. The molecule has 5 heteroatoms. The van der Waals surface area contributed by atoms with Crippen LogP contribution in [0.3, 0.4) is 0 Å². The first-order valence-electron chi connectivity index (χ1n) is 7.78. The average Bonchev–Trinajstić information content (AvgIpc) is 2.50. The fourth-order valence-corrected chi connectivity index (χ4v) is 2.84. The molecule has 1 aliphatic heterocycles. The first kappa shape index (κ1) is 15.2. The fraction of sp³-hybridized carbons (Fsp3) is 0.733. The normalized spacial score (nSPS) is 18.2. The van der Waals surface area contributed by atoms with E-state index in [0.717, 1.165) is 63.5 Å². The topological polar surface area (TPSA) is 58.3 Å². The third-order valence-corrected chi connectivity index (χ3v) is 4.11. The van der Waals surface area contributed by atoms with Gasteiger partial charge in [-0.1, -0.05) is 20.3 Å². The van der Waals surface area contributed by atoms with Gasteiger partial charge >= 0.3 is 0 Å². The quantitative estimate of drug-likeness (QED) is 0.849. The Morgan fingerprint density at radius 3 is 2.55 bits per heavy atom. The van der Waals surface area contributed by atoms with E-state index in [0.29, 0.717) is 6.04 Å². The van der Waals surface area contributed by atoms with E-state index in [1.807, 2.05) is 0 Å². The predicted octanol–water partition coefficient (Wildman–Crippen LogP) is 1.29. The monoisotopic (exact) mass is 277 g/mol. The van der Waals surface area contributed by atoms with Crippen molar-refractivity contribution in [3.63, 3.8) is 0 Å². The second-order valence-corrected chi connectivity index (χ2v) is 5.44.